The Morgan fingerprint density at radius 3 is 2.37 bits per heavy atom. The van der Waals surface area contributed by atoms with Gasteiger partial charge in [0.05, 0.1) is 12.0 Å². The van der Waals surface area contributed by atoms with Crippen LogP contribution in [-0.2, 0) is 6.42 Å². The van der Waals surface area contributed by atoms with E-state index in [9.17, 15) is 10.1 Å². The Hall–Kier alpha value is -1.86. The van der Waals surface area contributed by atoms with Gasteiger partial charge in [-0.25, -0.2) is 0 Å². The molecule has 148 valence electrons. The lowest BCUT2D eigenvalue weighted by Crippen LogP contribution is -2.69. The van der Waals surface area contributed by atoms with Gasteiger partial charge in [-0.2, -0.15) is 0 Å². The molecule has 0 N–H and O–H groups in total. The lowest BCUT2D eigenvalue weighted by atomic mass is 9.86. The summed E-state index contributed by atoms with van der Waals surface area (Å²) in [5.41, 5.74) is 2.19. The van der Waals surface area contributed by atoms with Crippen molar-refractivity contribution in [1.82, 2.24) is 9.80 Å². The number of nitro benzene ring substituents is 1. The highest BCUT2D eigenvalue weighted by molar-refractivity contribution is 5.64. The van der Waals surface area contributed by atoms with E-state index in [0.717, 1.165) is 55.7 Å². The molecule has 0 radical (unpaired) electrons. The van der Waals surface area contributed by atoms with Gasteiger partial charge < -0.3 is 9.64 Å². The van der Waals surface area contributed by atoms with E-state index in [0.29, 0.717) is 11.8 Å². The van der Waals surface area contributed by atoms with Gasteiger partial charge in [-0.3, -0.25) is 19.9 Å². The minimum atomic E-state index is -0.354. The summed E-state index contributed by atoms with van der Waals surface area (Å²) in [6, 6.07) is 5.74. The van der Waals surface area contributed by atoms with Crippen LogP contribution < -0.4 is 9.64 Å². The molecule has 7 heteroatoms. The second-order valence-electron chi connectivity index (χ2n) is 8.14. The molecule has 5 rings (SSSR count). The summed E-state index contributed by atoms with van der Waals surface area (Å²) >= 11 is 0. The van der Waals surface area contributed by atoms with Gasteiger partial charge in [0.15, 0.2) is 5.75 Å². The molecule has 0 spiro atoms. The highest BCUT2D eigenvalue weighted by atomic mass is 16.6. The van der Waals surface area contributed by atoms with Crippen LogP contribution in [0.4, 0.5) is 11.4 Å². The number of hydrogen-bond donors (Lipinski definition) is 0. The number of piperazine rings is 1. The van der Waals surface area contributed by atoms with Crippen molar-refractivity contribution >= 4 is 11.4 Å². The lowest BCUT2D eigenvalue weighted by Gasteiger charge is -2.57. The fourth-order valence-electron chi connectivity index (χ4n) is 5.08. The van der Waals surface area contributed by atoms with E-state index < -0.39 is 0 Å². The zero-order chi connectivity index (χ0) is 19.1. The highest BCUT2D eigenvalue weighted by Gasteiger charge is 2.44. The molecule has 2 unspecified atom stereocenters. The Bertz CT molecular complexity index is 705. The highest BCUT2D eigenvalue weighted by Crippen LogP contribution is 2.38. The number of rotatable bonds is 5. The van der Waals surface area contributed by atoms with E-state index in [-0.39, 0.29) is 10.6 Å². The topological polar surface area (TPSA) is 62.1 Å². The van der Waals surface area contributed by atoms with Crippen LogP contribution in [0.25, 0.3) is 0 Å². The van der Waals surface area contributed by atoms with Gasteiger partial charge in [0.2, 0.25) is 0 Å². The number of aryl methyl sites for hydroxylation is 1. The SMILES string of the molecule is CCc1cc([N+](=O)[O-])c(OC)cc1N1CCC(N2CC3CC(C2)N3C)CC1. The van der Waals surface area contributed by atoms with Gasteiger partial charge in [0.1, 0.15) is 0 Å². The fourth-order valence-corrected chi connectivity index (χ4v) is 5.08. The summed E-state index contributed by atoms with van der Waals surface area (Å²) in [7, 11) is 3.76. The molecule has 4 heterocycles. The van der Waals surface area contributed by atoms with Crippen molar-refractivity contribution in [3.05, 3.63) is 27.8 Å². The quantitative estimate of drug-likeness (QED) is 0.583. The van der Waals surface area contributed by atoms with Gasteiger partial charge in [-0.15, -0.1) is 0 Å². The number of benzene rings is 1. The third kappa shape index (κ3) is 3.27. The van der Waals surface area contributed by atoms with E-state index in [1.54, 1.807) is 6.07 Å². The van der Waals surface area contributed by atoms with Crippen molar-refractivity contribution in [1.29, 1.82) is 0 Å². The standard InChI is InChI=1S/C20H30N4O3/c1-4-14-9-19(24(25)26)20(27-3)11-18(14)22-7-5-15(6-8-22)23-12-16-10-17(13-23)21(16)2/h9,11,15-17H,4-8,10,12-13H2,1-3H3. The summed E-state index contributed by atoms with van der Waals surface area (Å²) in [6.45, 7) is 6.48. The van der Waals surface area contributed by atoms with Gasteiger partial charge in [-0.05, 0) is 38.3 Å². The molecule has 7 nitrogen and oxygen atoms in total. The number of methoxy groups -OCH3 is 1. The largest absolute Gasteiger partial charge is 0.490 e. The van der Waals surface area contributed by atoms with Gasteiger partial charge in [0, 0.05) is 62.1 Å². The van der Waals surface area contributed by atoms with Crippen molar-refractivity contribution in [2.24, 2.45) is 0 Å². The molecular weight excluding hydrogens is 344 g/mol. The second kappa shape index (κ2) is 7.28. The number of ether oxygens (including phenoxy) is 1. The zero-order valence-electron chi connectivity index (χ0n) is 16.6. The first-order chi connectivity index (χ1) is 13.0. The van der Waals surface area contributed by atoms with Crippen molar-refractivity contribution in [3.8, 4) is 5.75 Å². The molecule has 2 bridgehead atoms. The lowest BCUT2D eigenvalue weighted by molar-refractivity contribution is -0.385. The number of hydrogen-bond acceptors (Lipinski definition) is 6. The predicted octanol–water partition coefficient (Wildman–Crippen LogP) is 2.52. The minimum absolute atomic E-state index is 0.0599. The van der Waals surface area contributed by atoms with Crippen molar-refractivity contribution in [2.45, 2.75) is 50.7 Å². The molecule has 4 aliphatic heterocycles. The van der Waals surface area contributed by atoms with Crippen molar-refractivity contribution < 1.29 is 9.66 Å². The average molecular weight is 374 g/mol. The van der Waals surface area contributed by atoms with Crippen LogP contribution >= 0.6 is 0 Å². The maximum Gasteiger partial charge on any atom is 0.311 e. The third-order valence-corrected chi connectivity index (χ3v) is 6.87. The molecule has 27 heavy (non-hydrogen) atoms. The molecule has 2 atom stereocenters. The van der Waals surface area contributed by atoms with E-state index in [1.807, 2.05) is 6.07 Å². The first kappa shape index (κ1) is 18.5. The van der Waals surface area contributed by atoms with E-state index >= 15 is 0 Å². The fraction of sp³-hybridized carbons (Fsp3) is 0.700. The van der Waals surface area contributed by atoms with E-state index in [1.165, 1.54) is 26.6 Å². The first-order valence-corrected chi connectivity index (χ1v) is 10.1. The van der Waals surface area contributed by atoms with Crippen molar-refractivity contribution in [2.75, 3.05) is 45.2 Å². The minimum Gasteiger partial charge on any atom is -0.490 e. The predicted molar refractivity (Wildman–Crippen MR) is 106 cm³/mol. The number of likely N-dealkylation sites (N-methyl/N-ethyl adjacent to an activating group) is 1. The molecule has 0 aromatic heterocycles. The third-order valence-electron chi connectivity index (χ3n) is 6.87. The number of anilines is 1. The number of fused-ring (bicyclic) bond motifs is 2. The van der Waals surface area contributed by atoms with Crippen LogP contribution in [0, 0.1) is 10.1 Å². The summed E-state index contributed by atoms with van der Waals surface area (Å²) in [5, 5.41) is 11.3. The number of nitrogens with zero attached hydrogens (tertiary/aromatic N) is 4. The Labute approximate surface area is 161 Å². The van der Waals surface area contributed by atoms with Gasteiger partial charge >= 0.3 is 5.69 Å². The van der Waals surface area contributed by atoms with Crippen LogP contribution in [0.5, 0.6) is 5.75 Å². The molecule has 4 fully saturated rings. The second-order valence-corrected chi connectivity index (χ2v) is 8.14. The van der Waals surface area contributed by atoms with Crippen LogP contribution in [-0.4, -0.2) is 73.2 Å². The van der Waals surface area contributed by atoms with E-state index in [2.05, 4.69) is 28.7 Å². The number of piperidine rings is 2. The maximum absolute atomic E-state index is 11.3. The summed E-state index contributed by atoms with van der Waals surface area (Å²) in [5.74, 6) is 0.355. The smallest absolute Gasteiger partial charge is 0.311 e. The summed E-state index contributed by atoms with van der Waals surface area (Å²) in [4.78, 5) is 18.6. The molecule has 0 amide bonds. The molecule has 1 aromatic rings. The zero-order valence-corrected chi connectivity index (χ0v) is 16.6. The molecular formula is C20H30N4O3. The monoisotopic (exact) mass is 374 g/mol. The van der Waals surface area contributed by atoms with Gasteiger partial charge in [-0.1, -0.05) is 6.92 Å². The van der Waals surface area contributed by atoms with E-state index in [4.69, 9.17) is 4.74 Å². The number of nitro groups is 1. The summed E-state index contributed by atoms with van der Waals surface area (Å²) in [6.07, 6.45) is 4.47. The Kier molecular flexibility index (Phi) is 4.99. The molecule has 1 aromatic carbocycles. The molecule has 4 saturated heterocycles. The van der Waals surface area contributed by atoms with Crippen LogP contribution in [0.15, 0.2) is 12.1 Å². The van der Waals surface area contributed by atoms with Crippen LogP contribution in [0.2, 0.25) is 0 Å². The molecule has 0 aliphatic carbocycles. The Balaban J connectivity index is 1.45. The normalized spacial score (nSPS) is 26.7. The maximum atomic E-state index is 11.3. The van der Waals surface area contributed by atoms with Gasteiger partial charge in [0.25, 0.3) is 0 Å². The molecule has 0 saturated carbocycles. The van der Waals surface area contributed by atoms with Crippen LogP contribution in [0.1, 0.15) is 31.7 Å². The van der Waals surface area contributed by atoms with Crippen molar-refractivity contribution in [3.63, 3.8) is 0 Å². The summed E-state index contributed by atoms with van der Waals surface area (Å²) < 4.78 is 5.30. The average Bonchev–Trinajstić information content (AvgIpc) is 2.72. The Morgan fingerprint density at radius 1 is 1.19 bits per heavy atom. The van der Waals surface area contributed by atoms with Crippen LogP contribution in [0.3, 0.4) is 0 Å². The first-order valence-electron chi connectivity index (χ1n) is 10.1. The Morgan fingerprint density at radius 2 is 1.85 bits per heavy atom. The molecule has 4 aliphatic rings.